The van der Waals surface area contributed by atoms with Crippen molar-refractivity contribution < 1.29 is 9.47 Å². The second kappa shape index (κ2) is 6.76. The molecule has 0 radical (unpaired) electrons. The second-order valence-electron chi connectivity index (χ2n) is 5.08. The molecule has 0 amide bonds. The monoisotopic (exact) mass is 249 g/mol. The summed E-state index contributed by atoms with van der Waals surface area (Å²) in [5.74, 6) is 1.52. The first kappa shape index (κ1) is 13.4. The zero-order valence-electron chi connectivity index (χ0n) is 11.3. The third-order valence-corrected chi connectivity index (χ3v) is 3.47. The van der Waals surface area contributed by atoms with Gasteiger partial charge in [0.2, 0.25) is 0 Å². The van der Waals surface area contributed by atoms with Crippen LogP contribution in [0, 0.1) is 5.92 Å². The maximum Gasteiger partial charge on any atom is 0.119 e. The van der Waals surface area contributed by atoms with Gasteiger partial charge >= 0.3 is 0 Å². The van der Waals surface area contributed by atoms with Crippen molar-refractivity contribution in [3.05, 3.63) is 29.8 Å². The summed E-state index contributed by atoms with van der Waals surface area (Å²) >= 11 is 0. The van der Waals surface area contributed by atoms with Gasteiger partial charge in [-0.2, -0.15) is 0 Å². The van der Waals surface area contributed by atoms with Gasteiger partial charge in [-0.15, -0.1) is 0 Å². The summed E-state index contributed by atoms with van der Waals surface area (Å²) in [6.07, 6.45) is 2.17. The summed E-state index contributed by atoms with van der Waals surface area (Å²) < 4.78 is 11.1. The van der Waals surface area contributed by atoms with E-state index in [1.54, 1.807) is 0 Å². The molecular formula is C15H23NO2. The molecule has 1 N–H and O–H groups in total. The van der Waals surface area contributed by atoms with Crippen molar-refractivity contribution in [3.8, 4) is 5.75 Å². The lowest BCUT2D eigenvalue weighted by Gasteiger charge is -2.12. The van der Waals surface area contributed by atoms with E-state index in [2.05, 4.69) is 36.5 Å². The van der Waals surface area contributed by atoms with Crippen LogP contribution >= 0.6 is 0 Å². The molecule has 2 atom stereocenters. The summed E-state index contributed by atoms with van der Waals surface area (Å²) in [7, 11) is 1.99. The molecule has 1 heterocycles. The summed E-state index contributed by atoms with van der Waals surface area (Å²) in [6.45, 7) is 4.68. The molecule has 2 unspecified atom stereocenters. The van der Waals surface area contributed by atoms with Crippen LogP contribution in [0.2, 0.25) is 0 Å². The minimum atomic E-state index is 0.507. The van der Waals surface area contributed by atoms with Crippen molar-refractivity contribution >= 4 is 0 Å². The number of nitrogens with one attached hydrogen (secondary N) is 1. The van der Waals surface area contributed by atoms with Gasteiger partial charge in [-0.3, -0.25) is 0 Å². The SMILES string of the molecule is CNC(C)Cc1ccc(OCC2CCOC2)cc1. The summed E-state index contributed by atoms with van der Waals surface area (Å²) in [6, 6.07) is 8.93. The van der Waals surface area contributed by atoms with Crippen molar-refractivity contribution in [1.29, 1.82) is 0 Å². The number of benzene rings is 1. The van der Waals surface area contributed by atoms with Crippen LogP contribution in [0.5, 0.6) is 5.75 Å². The van der Waals surface area contributed by atoms with Crippen molar-refractivity contribution in [2.45, 2.75) is 25.8 Å². The normalized spacial score (nSPS) is 20.9. The van der Waals surface area contributed by atoms with Crippen molar-refractivity contribution in [2.24, 2.45) is 5.92 Å². The Hall–Kier alpha value is -1.06. The average Bonchev–Trinajstić information content (AvgIpc) is 2.91. The molecule has 1 fully saturated rings. The topological polar surface area (TPSA) is 30.5 Å². The molecule has 1 aromatic carbocycles. The van der Waals surface area contributed by atoms with E-state index in [-0.39, 0.29) is 0 Å². The highest BCUT2D eigenvalue weighted by Gasteiger charge is 2.16. The lowest BCUT2D eigenvalue weighted by molar-refractivity contribution is 0.167. The standard InChI is InChI=1S/C15H23NO2/c1-12(16-2)9-13-3-5-15(6-4-13)18-11-14-7-8-17-10-14/h3-6,12,14,16H,7-11H2,1-2H3. The molecule has 0 saturated carbocycles. The molecule has 1 aromatic rings. The first-order valence-corrected chi connectivity index (χ1v) is 6.74. The average molecular weight is 249 g/mol. The lowest BCUT2D eigenvalue weighted by atomic mass is 10.1. The molecule has 1 aliphatic heterocycles. The molecule has 100 valence electrons. The number of hydrogen-bond acceptors (Lipinski definition) is 3. The third kappa shape index (κ3) is 4.00. The molecule has 0 aliphatic carbocycles. The first-order valence-electron chi connectivity index (χ1n) is 6.74. The molecule has 2 rings (SSSR count). The van der Waals surface area contributed by atoms with Gasteiger partial charge in [0.05, 0.1) is 13.2 Å². The van der Waals surface area contributed by atoms with E-state index in [0.717, 1.165) is 38.4 Å². The molecule has 0 spiro atoms. The van der Waals surface area contributed by atoms with Crippen LogP contribution < -0.4 is 10.1 Å². The van der Waals surface area contributed by atoms with Gasteiger partial charge in [-0.1, -0.05) is 12.1 Å². The molecule has 18 heavy (non-hydrogen) atoms. The predicted octanol–water partition coefficient (Wildman–Crippen LogP) is 2.25. The number of likely N-dealkylation sites (N-methyl/N-ethyl adjacent to an activating group) is 1. The van der Waals surface area contributed by atoms with Crippen molar-refractivity contribution in [1.82, 2.24) is 5.32 Å². The Bertz CT molecular complexity index is 344. The van der Waals surface area contributed by atoms with E-state index in [1.165, 1.54) is 5.56 Å². The zero-order valence-corrected chi connectivity index (χ0v) is 11.3. The van der Waals surface area contributed by atoms with Gasteiger partial charge < -0.3 is 14.8 Å². The van der Waals surface area contributed by atoms with Gasteiger partial charge in [-0.25, -0.2) is 0 Å². The highest BCUT2D eigenvalue weighted by Crippen LogP contribution is 2.17. The molecular weight excluding hydrogens is 226 g/mol. The predicted molar refractivity (Wildman–Crippen MR) is 73.1 cm³/mol. The Morgan fingerprint density at radius 1 is 1.39 bits per heavy atom. The van der Waals surface area contributed by atoms with Crippen LogP contribution in [0.4, 0.5) is 0 Å². The largest absolute Gasteiger partial charge is 0.493 e. The lowest BCUT2D eigenvalue weighted by Crippen LogP contribution is -2.23. The van der Waals surface area contributed by atoms with Crippen molar-refractivity contribution in [3.63, 3.8) is 0 Å². The fourth-order valence-corrected chi connectivity index (χ4v) is 2.11. The molecule has 1 aliphatic rings. The van der Waals surface area contributed by atoms with E-state index >= 15 is 0 Å². The van der Waals surface area contributed by atoms with E-state index < -0.39 is 0 Å². The van der Waals surface area contributed by atoms with E-state index in [9.17, 15) is 0 Å². The number of hydrogen-bond donors (Lipinski definition) is 1. The highest BCUT2D eigenvalue weighted by molar-refractivity contribution is 5.27. The fraction of sp³-hybridized carbons (Fsp3) is 0.600. The van der Waals surface area contributed by atoms with Crippen molar-refractivity contribution in [2.75, 3.05) is 26.9 Å². The Balaban J connectivity index is 1.79. The Kier molecular flexibility index (Phi) is 5.02. The molecule has 0 aromatic heterocycles. The summed E-state index contributed by atoms with van der Waals surface area (Å²) in [5.41, 5.74) is 1.34. The van der Waals surface area contributed by atoms with Gasteiger partial charge in [0.15, 0.2) is 0 Å². The Labute approximate surface area is 109 Å². The Morgan fingerprint density at radius 3 is 2.78 bits per heavy atom. The zero-order chi connectivity index (χ0) is 12.8. The highest BCUT2D eigenvalue weighted by atomic mass is 16.5. The van der Waals surface area contributed by atoms with E-state index in [1.807, 2.05) is 7.05 Å². The Morgan fingerprint density at radius 2 is 2.17 bits per heavy atom. The maximum atomic E-state index is 5.78. The second-order valence-corrected chi connectivity index (χ2v) is 5.08. The van der Waals surface area contributed by atoms with Gasteiger partial charge in [0.1, 0.15) is 5.75 Å². The van der Waals surface area contributed by atoms with Gasteiger partial charge in [-0.05, 0) is 44.5 Å². The minimum Gasteiger partial charge on any atom is -0.493 e. The quantitative estimate of drug-likeness (QED) is 0.839. The van der Waals surface area contributed by atoms with Crippen LogP contribution in [0.3, 0.4) is 0 Å². The summed E-state index contributed by atoms with van der Waals surface area (Å²) in [4.78, 5) is 0. The first-order chi connectivity index (χ1) is 8.78. The van der Waals surface area contributed by atoms with E-state index in [0.29, 0.717) is 12.0 Å². The summed E-state index contributed by atoms with van der Waals surface area (Å²) in [5, 5.41) is 3.25. The van der Waals surface area contributed by atoms with Crippen LogP contribution in [-0.2, 0) is 11.2 Å². The van der Waals surface area contributed by atoms with E-state index in [4.69, 9.17) is 9.47 Å². The number of rotatable bonds is 6. The third-order valence-electron chi connectivity index (χ3n) is 3.47. The molecule has 1 saturated heterocycles. The molecule has 0 bridgehead atoms. The molecule has 3 nitrogen and oxygen atoms in total. The minimum absolute atomic E-state index is 0.507. The fourth-order valence-electron chi connectivity index (χ4n) is 2.11. The van der Waals surface area contributed by atoms with Crippen LogP contribution in [0.25, 0.3) is 0 Å². The van der Waals surface area contributed by atoms with Gasteiger partial charge in [0, 0.05) is 18.6 Å². The number of ether oxygens (including phenoxy) is 2. The van der Waals surface area contributed by atoms with Gasteiger partial charge in [0.25, 0.3) is 0 Å². The van der Waals surface area contributed by atoms with Crippen LogP contribution in [-0.4, -0.2) is 32.9 Å². The smallest absolute Gasteiger partial charge is 0.119 e. The van der Waals surface area contributed by atoms with Crippen LogP contribution in [0.15, 0.2) is 24.3 Å². The molecule has 3 heteroatoms. The van der Waals surface area contributed by atoms with Crippen LogP contribution in [0.1, 0.15) is 18.9 Å². The maximum absolute atomic E-state index is 5.78.